The van der Waals surface area contributed by atoms with E-state index < -0.39 is 10.0 Å². The summed E-state index contributed by atoms with van der Waals surface area (Å²) in [5, 5.41) is 5.54. The van der Waals surface area contributed by atoms with Gasteiger partial charge in [-0.3, -0.25) is 9.59 Å². The summed E-state index contributed by atoms with van der Waals surface area (Å²) in [4.78, 5) is 24.1. The van der Waals surface area contributed by atoms with Crippen LogP contribution in [0.5, 0.6) is 5.75 Å². The Labute approximate surface area is 166 Å². The van der Waals surface area contributed by atoms with E-state index in [4.69, 9.17) is 4.74 Å². The summed E-state index contributed by atoms with van der Waals surface area (Å²) in [6, 6.07) is 6.34. The van der Waals surface area contributed by atoms with Gasteiger partial charge in [0.2, 0.25) is 21.8 Å². The molecule has 9 heteroatoms. The molecule has 0 spiro atoms. The smallest absolute Gasteiger partial charge is 0.243 e. The highest BCUT2D eigenvalue weighted by molar-refractivity contribution is 7.89. The zero-order valence-corrected chi connectivity index (χ0v) is 17.4. The van der Waals surface area contributed by atoms with E-state index in [0.717, 1.165) is 0 Å². The predicted octanol–water partition coefficient (Wildman–Crippen LogP) is 1.13. The van der Waals surface area contributed by atoms with Crippen LogP contribution < -0.4 is 15.4 Å². The number of benzene rings is 1. The standard InChI is InChI=1S/C19H29N3O5S/c1-14(2)21-18(23)8-11-20-19(24)15-9-12-22(13-10-15)28(25,26)17-6-4-16(27-3)5-7-17/h4-7,14-15H,8-13H2,1-3H3,(H,20,24)(H,21,23). The lowest BCUT2D eigenvalue weighted by atomic mass is 9.97. The van der Waals surface area contributed by atoms with Crippen molar-refractivity contribution in [2.75, 3.05) is 26.7 Å². The molecule has 1 fully saturated rings. The first kappa shape index (κ1) is 22.2. The maximum atomic E-state index is 12.7. The van der Waals surface area contributed by atoms with Crippen molar-refractivity contribution in [1.29, 1.82) is 0 Å². The Kier molecular flexibility index (Phi) is 7.82. The van der Waals surface area contributed by atoms with Gasteiger partial charge in [-0.25, -0.2) is 8.42 Å². The molecule has 0 unspecified atom stereocenters. The molecule has 1 aliphatic rings. The molecule has 0 atom stereocenters. The normalized spacial score (nSPS) is 16.0. The minimum absolute atomic E-state index is 0.0696. The quantitative estimate of drug-likeness (QED) is 0.667. The first-order chi connectivity index (χ1) is 13.2. The van der Waals surface area contributed by atoms with Gasteiger partial charge in [0, 0.05) is 38.0 Å². The molecule has 0 aromatic heterocycles. The minimum atomic E-state index is -3.58. The van der Waals surface area contributed by atoms with E-state index in [1.807, 2.05) is 13.8 Å². The van der Waals surface area contributed by atoms with Gasteiger partial charge in [-0.05, 0) is 51.0 Å². The summed E-state index contributed by atoms with van der Waals surface area (Å²) in [6.45, 7) is 4.62. The largest absolute Gasteiger partial charge is 0.497 e. The monoisotopic (exact) mass is 411 g/mol. The fourth-order valence-corrected chi connectivity index (χ4v) is 4.56. The van der Waals surface area contributed by atoms with Crippen molar-refractivity contribution in [3.8, 4) is 5.75 Å². The number of amides is 2. The fraction of sp³-hybridized carbons (Fsp3) is 0.579. The Morgan fingerprint density at radius 3 is 2.32 bits per heavy atom. The summed E-state index contributed by atoms with van der Waals surface area (Å²) in [5.41, 5.74) is 0. The van der Waals surface area contributed by atoms with Gasteiger partial charge in [0.1, 0.15) is 5.75 Å². The highest BCUT2D eigenvalue weighted by Crippen LogP contribution is 2.25. The number of methoxy groups -OCH3 is 1. The number of carbonyl (C=O) groups excluding carboxylic acids is 2. The minimum Gasteiger partial charge on any atom is -0.497 e. The number of hydrogen-bond acceptors (Lipinski definition) is 5. The molecule has 1 aliphatic heterocycles. The summed E-state index contributed by atoms with van der Waals surface area (Å²) < 4.78 is 31.9. The molecule has 0 saturated carbocycles. The molecular formula is C19H29N3O5S. The third-order valence-electron chi connectivity index (χ3n) is 4.62. The Bertz CT molecular complexity index is 769. The van der Waals surface area contributed by atoms with E-state index in [1.165, 1.54) is 23.5 Å². The maximum absolute atomic E-state index is 12.7. The number of sulfonamides is 1. The van der Waals surface area contributed by atoms with Crippen LogP contribution in [0.2, 0.25) is 0 Å². The van der Waals surface area contributed by atoms with Gasteiger partial charge in [-0.15, -0.1) is 0 Å². The molecule has 28 heavy (non-hydrogen) atoms. The van der Waals surface area contributed by atoms with E-state index in [2.05, 4.69) is 10.6 Å². The van der Waals surface area contributed by atoms with Gasteiger partial charge in [0.05, 0.1) is 12.0 Å². The average molecular weight is 412 g/mol. The average Bonchev–Trinajstić information content (AvgIpc) is 2.67. The Balaban J connectivity index is 1.82. The molecule has 0 bridgehead atoms. The van der Waals surface area contributed by atoms with Crippen LogP contribution >= 0.6 is 0 Å². The third-order valence-corrected chi connectivity index (χ3v) is 6.54. The number of rotatable bonds is 8. The number of nitrogens with zero attached hydrogens (tertiary/aromatic N) is 1. The summed E-state index contributed by atoms with van der Waals surface area (Å²) in [5.74, 6) is 0.126. The van der Waals surface area contributed by atoms with Crippen LogP contribution in [0.4, 0.5) is 0 Å². The summed E-state index contributed by atoms with van der Waals surface area (Å²) in [6.07, 6.45) is 1.15. The molecule has 8 nitrogen and oxygen atoms in total. The Morgan fingerprint density at radius 1 is 1.18 bits per heavy atom. The van der Waals surface area contributed by atoms with Crippen molar-refractivity contribution in [1.82, 2.24) is 14.9 Å². The van der Waals surface area contributed by atoms with Crippen molar-refractivity contribution in [2.24, 2.45) is 5.92 Å². The van der Waals surface area contributed by atoms with E-state index in [9.17, 15) is 18.0 Å². The number of carbonyl (C=O) groups is 2. The first-order valence-corrected chi connectivity index (χ1v) is 10.9. The van der Waals surface area contributed by atoms with E-state index in [1.54, 1.807) is 12.1 Å². The van der Waals surface area contributed by atoms with Crippen molar-refractivity contribution in [2.45, 2.75) is 44.0 Å². The number of ether oxygens (including phenoxy) is 1. The molecule has 1 aromatic rings. The van der Waals surface area contributed by atoms with Gasteiger partial charge in [-0.2, -0.15) is 4.31 Å². The van der Waals surface area contributed by atoms with Crippen LogP contribution in [0.15, 0.2) is 29.2 Å². The topological polar surface area (TPSA) is 105 Å². The summed E-state index contributed by atoms with van der Waals surface area (Å²) in [7, 11) is -2.06. The fourth-order valence-electron chi connectivity index (χ4n) is 3.09. The maximum Gasteiger partial charge on any atom is 0.243 e. The van der Waals surface area contributed by atoms with Crippen LogP contribution in [0.25, 0.3) is 0 Å². The van der Waals surface area contributed by atoms with Crippen LogP contribution in [-0.4, -0.2) is 57.3 Å². The zero-order chi connectivity index (χ0) is 20.7. The second-order valence-corrected chi connectivity index (χ2v) is 9.06. The second-order valence-electron chi connectivity index (χ2n) is 7.12. The van der Waals surface area contributed by atoms with E-state index >= 15 is 0 Å². The highest BCUT2D eigenvalue weighted by Gasteiger charge is 2.32. The second kappa shape index (κ2) is 9.88. The SMILES string of the molecule is COc1ccc(S(=O)(=O)N2CCC(C(=O)NCCC(=O)NC(C)C)CC2)cc1. The number of hydrogen-bond donors (Lipinski definition) is 2. The lowest BCUT2D eigenvalue weighted by Gasteiger charge is -2.30. The molecule has 2 N–H and O–H groups in total. The van der Waals surface area contributed by atoms with Crippen molar-refractivity contribution in [3.05, 3.63) is 24.3 Å². The first-order valence-electron chi connectivity index (χ1n) is 9.45. The number of nitrogens with one attached hydrogen (secondary N) is 2. The van der Waals surface area contributed by atoms with Gasteiger partial charge < -0.3 is 15.4 Å². The molecule has 0 radical (unpaired) electrons. The third kappa shape index (κ3) is 5.93. The Morgan fingerprint density at radius 2 is 1.79 bits per heavy atom. The molecule has 2 rings (SSSR count). The van der Waals surface area contributed by atoms with Crippen LogP contribution in [0.1, 0.15) is 33.1 Å². The van der Waals surface area contributed by atoms with Crippen molar-refractivity contribution in [3.63, 3.8) is 0 Å². The van der Waals surface area contributed by atoms with E-state index in [0.29, 0.717) is 31.7 Å². The van der Waals surface area contributed by atoms with Gasteiger partial charge in [0.15, 0.2) is 0 Å². The molecular weight excluding hydrogens is 382 g/mol. The highest BCUT2D eigenvalue weighted by atomic mass is 32.2. The lowest BCUT2D eigenvalue weighted by molar-refractivity contribution is -0.126. The molecule has 1 saturated heterocycles. The van der Waals surface area contributed by atoms with E-state index in [-0.39, 0.29) is 41.6 Å². The Hall–Kier alpha value is -2.13. The lowest BCUT2D eigenvalue weighted by Crippen LogP contribution is -2.43. The van der Waals surface area contributed by atoms with Gasteiger partial charge in [-0.1, -0.05) is 0 Å². The van der Waals surface area contributed by atoms with Crippen LogP contribution in [0.3, 0.4) is 0 Å². The zero-order valence-electron chi connectivity index (χ0n) is 16.6. The molecule has 156 valence electrons. The van der Waals surface area contributed by atoms with Gasteiger partial charge in [0.25, 0.3) is 0 Å². The molecule has 1 heterocycles. The van der Waals surface area contributed by atoms with Crippen molar-refractivity contribution < 1.29 is 22.7 Å². The predicted molar refractivity (Wildman–Crippen MR) is 105 cm³/mol. The number of piperidine rings is 1. The molecule has 0 aliphatic carbocycles. The van der Waals surface area contributed by atoms with Crippen LogP contribution in [-0.2, 0) is 19.6 Å². The molecule has 2 amide bonds. The summed E-state index contributed by atoms with van der Waals surface area (Å²) >= 11 is 0. The molecule has 1 aromatic carbocycles. The van der Waals surface area contributed by atoms with Crippen LogP contribution in [0, 0.1) is 5.92 Å². The van der Waals surface area contributed by atoms with Crippen molar-refractivity contribution >= 4 is 21.8 Å². The van der Waals surface area contributed by atoms with Gasteiger partial charge >= 0.3 is 0 Å².